The van der Waals surface area contributed by atoms with Crippen LogP contribution in [0.5, 0.6) is 0 Å². The molecule has 0 atom stereocenters. The molecule has 2 aromatic rings. The number of aromatic nitrogens is 4. The van der Waals surface area contributed by atoms with Crippen LogP contribution in [0.2, 0.25) is 0 Å². The van der Waals surface area contributed by atoms with Gasteiger partial charge in [0.15, 0.2) is 0 Å². The highest BCUT2D eigenvalue weighted by Crippen LogP contribution is 2.07. The third kappa shape index (κ3) is 2.77. The van der Waals surface area contributed by atoms with Gasteiger partial charge in [-0.15, -0.1) is 5.10 Å². The van der Waals surface area contributed by atoms with Crippen molar-refractivity contribution in [2.24, 2.45) is 7.05 Å². The maximum atomic E-state index is 11.8. The molecule has 2 rings (SSSR count). The number of nitrogens with one attached hydrogen (secondary N) is 2. The molecule has 2 aromatic heterocycles. The molecule has 2 heterocycles. The van der Waals surface area contributed by atoms with Crippen LogP contribution in [0.15, 0.2) is 18.5 Å². The van der Waals surface area contributed by atoms with Gasteiger partial charge >= 0.3 is 0 Å². The lowest BCUT2D eigenvalue weighted by atomic mass is 10.2. The molecule has 6 nitrogen and oxygen atoms in total. The Hall–Kier alpha value is -2.11. The zero-order chi connectivity index (χ0) is 13.1. The molecular formula is C12H17N5O. The Morgan fingerprint density at radius 2 is 2.33 bits per heavy atom. The SMILES string of the molecule is CC(C)c1nc(C(=O)NCc2ccn(C)c2)n[nH]1. The fraction of sp³-hybridized carbons (Fsp3) is 0.417. The quantitative estimate of drug-likeness (QED) is 0.852. The van der Waals surface area contributed by atoms with Gasteiger partial charge in [-0.3, -0.25) is 9.89 Å². The van der Waals surface area contributed by atoms with Crippen LogP contribution in [0.1, 0.15) is 41.8 Å². The molecule has 0 fully saturated rings. The van der Waals surface area contributed by atoms with Crippen molar-refractivity contribution in [1.29, 1.82) is 0 Å². The molecule has 0 aliphatic rings. The van der Waals surface area contributed by atoms with E-state index in [-0.39, 0.29) is 17.6 Å². The van der Waals surface area contributed by atoms with E-state index in [1.165, 1.54) is 0 Å². The van der Waals surface area contributed by atoms with Crippen LogP contribution in [-0.4, -0.2) is 25.7 Å². The van der Waals surface area contributed by atoms with Crippen molar-refractivity contribution in [2.45, 2.75) is 26.3 Å². The minimum atomic E-state index is -0.262. The van der Waals surface area contributed by atoms with Crippen LogP contribution in [0.25, 0.3) is 0 Å². The zero-order valence-electron chi connectivity index (χ0n) is 10.8. The van der Waals surface area contributed by atoms with E-state index in [1.54, 1.807) is 0 Å². The fourth-order valence-corrected chi connectivity index (χ4v) is 1.56. The van der Waals surface area contributed by atoms with Gasteiger partial charge in [-0.2, -0.15) is 0 Å². The predicted octanol–water partition coefficient (Wildman–Crippen LogP) is 1.20. The van der Waals surface area contributed by atoms with E-state index in [9.17, 15) is 4.79 Å². The first-order chi connectivity index (χ1) is 8.56. The van der Waals surface area contributed by atoms with Crippen LogP contribution < -0.4 is 5.32 Å². The Morgan fingerprint density at radius 1 is 1.56 bits per heavy atom. The molecular weight excluding hydrogens is 230 g/mol. The summed E-state index contributed by atoms with van der Waals surface area (Å²) in [5.74, 6) is 0.879. The van der Waals surface area contributed by atoms with E-state index in [4.69, 9.17) is 0 Å². The number of nitrogens with zero attached hydrogens (tertiary/aromatic N) is 3. The molecule has 0 saturated carbocycles. The lowest BCUT2D eigenvalue weighted by molar-refractivity contribution is 0.0941. The molecule has 0 aliphatic heterocycles. The monoisotopic (exact) mass is 247 g/mol. The first-order valence-corrected chi connectivity index (χ1v) is 5.87. The summed E-state index contributed by atoms with van der Waals surface area (Å²) in [6.45, 7) is 4.46. The summed E-state index contributed by atoms with van der Waals surface area (Å²) >= 11 is 0. The maximum absolute atomic E-state index is 11.8. The van der Waals surface area contributed by atoms with Crippen molar-refractivity contribution in [1.82, 2.24) is 25.1 Å². The average molecular weight is 247 g/mol. The lowest BCUT2D eigenvalue weighted by Crippen LogP contribution is -2.23. The second-order valence-electron chi connectivity index (χ2n) is 4.57. The standard InChI is InChI=1S/C12H17N5O/c1-8(2)10-14-11(16-15-10)12(18)13-6-9-4-5-17(3)7-9/h4-5,7-8H,6H2,1-3H3,(H,13,18)(H,14,15,16). The van der Waals surface area contributed by atoms with Crippen LogP contribution in [0.4, 0.5) is 0 Å². The van der Waals surface area contributed by atoms with Crippen molar-refractivity contribution >= 4 is 5.91 Å². The van der Waals surface area contributed by atoms with E-state index in [0.29, 0.717) is 6.54 Å². The van der Waals surface area contributed by atoms with Crippen molar-refractivity contribution < 1.29 is 4.79 Å². The number of carbonyl (C=O) groups excluding carboxylic acids is 1. The largest absolute Gasteiger partial charge is 0.357 e. The topological polar surface area (TPSA) is 75.6 Å². The van der Waals surface area contributed by atoms with Gasteiger partial charge in [0.25, 0.3) is 5.91 Å². The van der Waals surface area contributed by atoms with Crippen LogP contribution >= 0.6 is 0 Å². The fourth-order valence-electron chi connectivity index (χ4n) is 1.56. The Labute approximate surface area is 105 Å². The van der Waals surface area contributed by atoms with Gasteiger partial charge in [0.2, 0.25) is 5.82 Å². The normalized spacial score (nSPS) is 10.9. The molecule has 0 spiro atoms. The summed E-state index contributed by atoms with van der Waals surface area (Å²) in [4.78, 5) is 15.9. The first-order valence-electron chi connectivity index (χ1n) is 5.87. The number of rotatable bonds is 4. The number of carbonyl (C=O) groups is 1. The summed E-state index contributed by atoms with van der Waals surface area (Å²) in [7, 11) is 1.94. The van der Waals surface area contributed by atoms with Gasteiger partial charge in [0, 0.05) is 31.9 Å². The Morgan fingerprint density at radius 3 is 2.89 bits per heavy atom. The molecule has 0 radical (unpaired) electrons. The van der Waals surface area contributed by atoms with E-state index in [0.717, 1.165) is 11.4 Å². The number of H-pyrrole nitrogens is 1. The number of hydrogen-bond donors (Lipinski definition) is 2. The summed E-state index contributed by atoms with van der Waals surface area (Å²) in [6.07, 6.45) is 3.89. The van der Waals surface area contributed by atoms with Gasteiger partial charge in [-0.1, -0.05) is 13.8 Å². The van der Waals surface area contributed by atoms with E-state index < -0.39 is 0 Å². The van der Waals surface area contributed by atoms with E-state index in [2.05, 4.69) is 20.5 Å². The Balaban J connectivity index is 1.95. The molecule has 1 amide bonds. The first kappa shape index (κ1) is 12.3. The predicted molar refractivity (Wildman–Crippen MR) is 67.1 cm³/mol. The van der Waals surface area contributed by atoms with Crippen molar-refractivity contribution in [3.63, 3.8) is 0 Å². The second kappa shape index (κ2) is 5.03. The smallest absolute Gasteiger partial charge is 0.291 e. The van der Waals surface area contributed by atoms with E-state index in [1.807, 2.05) is 43.9 Å². The molecule has 0 saturated heterocycles. The number of hydrogen-bond acceptors (Lipinski definition) is 3. The van der Waals surface area contributed by atoms with Crippen molar-refractivity contribution in [2.75, 3.05) is 0 Å². The zero-order valence-corrected chi connectivity index (χ0v) is 10.8. The molecule has 0 aromatic carbocycles. The number of aromatic amines is 1. The minimum Gasteiger partial charge on any atom is -0.357 e. The van der Waals surface area contributed by atoms with Crippen LogP contribution in [-0.2, 0) is 13.6 Å². The second-order valence-corrected chi connectivity index (χ2v) is 4.57. The van der Waals surface area contributed by atoms with E-state index >= 15 is 0 Å². The third-order valence-electron chi connectivity index (χ3n) is 2.60. The molecule has 0 bridgehead atoms. The summed E-state index contributed by atoms with van der Waals surface area (Å²) in [6, 6.07) is 1.96. The van der Waals surface area contributed by atoms with Crippen molar-refractivity contribution in [3.05, 3.63) is 35.7 Å². The highest BCUT2D eigenvalue weighted by Gasteiger charge is 2.13. The van der Waals surface area contributed by atoms with Crippen LogP contribution in [0, 0.1) is 0 Å². The van der Waals surface area contributed by atoms with Gasteiger partial charge in [0.05, 0.1) is 0 Å². The van der Waals surface area contributed by atoms with Gasteiger partial charge in [0.1, 0.15) is 5.82 Å². The maximum Gasteiger partial charge on any atom is 0.291 e. The van der Waals surface area contributed by atoms with Crippen molar-refractivity contribution in [3.8, 4) is 0 Å². The average Bonchev–Trinajstić information content (AvgIpc) is 2.94. The summed E-state index contributed by atoms with van der Waals surface area (Å²) < 4.78 is 1.94. The highest BCUT2D eigenvalue weighted by atomic mass is 16.2. The van der Waals surface area contributed by atoms with Gasteiger partial charge < -0.3 is 9.88 Å². The summed E-state index contributed by atoms with van der Waals surface area (Å²) in [5, 5.41) is 9.45. The number of amides is 1. The van der Waals surface area contributed by atoms with Gasteiger partial charge in [-0.05, 0) is 11.6 Å². The lowest BCUT2D eigenvalue weighted by Gasteiger charge is -2.00. The molecule has 96 valence electrons. The Kier molecular flexibility index (Phi) is 3.45. The molecule has 2 N–H and O–H groups in total. The molecule has 18 heavy (non-hydrogen) atoms. The van der Waals surface area contributed by atoms with Gasteiger partial charge in [-0.25, -0.2) is 4.98 Å². The highest BCUT2D eigenvalue weighted by molar-refractivity contribution is 5.90. The number of aryl methyl sites for hydroxylation is 1. The molecule has 0 unspecified atom stereocenters. The molecule has 6 heteroatoms. The minimum absolute atomic E-state index is 0.189. The molecule has 0 aliphatic carbocycles. The summed E-state index contributed by atoms with van der Waals surface area (Å²) in [5.41, 5.74) is 1.05. The third-order valence-corrected chi connectivity index (χ3v) is 2.60. The van der Waals surface area contributed by atoms with Crippen LogP contribution in [0.3, 0.4) is 0 Å². The Bertz CT molecular complexity index is 540.